The van der Waals surface area contributed by atoms with Gasteiger partial charge >= 0.3 is 0 Å². The Labute approximate surface area is 160 Å². The number of carbonyl (C=O) groups is 1. The molecule has 1 unspecified atom stereocenters. The molecule has 1 aliphatic rings. The average molecular weight is 379 g/mol. The number of aromatic nitrogens is 2. The molecule has 7 heteroatoms. The molecule has 26 heavy (non-hydrogen) atoms. The van der Waals surface area contributed by atoms with Gasteiger partial charge < -0.3 is 15.6 Å². The first-order chi connectivity index (χ1) is 11.9. The van der Waals surface area contributed by atoms with E-state index in [-0.39, 0.29) is 30.3 Å². The van der Waals surface area contributed by atoms with Crippen molar-refractivity contribution in [2.24, 2.45) is 11.7 Å². The van der Waals surface area contributed by atoms with Crippen LogP contribution in [0.3, 0.4) is 0 Å². The molecular weight excluding hydrogens is 352 g/mol. The van der Waals surface area contributed by atoms with Gasteiger partial charge in [0.2, 0.25) is 5.89 Å². The van der Waals surface area contributed by atoms with Crippen LogP contribution in [0.4, 0.5) is 0 Å². The molecule has 2 aromatic rings. The number of halogens is 1. The molecule has 1 heterocycles. The van der Waals surface area contributed by atoms with Crippen LogP contribution in [0.5, 0.6) is 0 Å². The lowest BCUT2D eigenvalue weighted by atomic mass is 9.98. The third-order valence-electron chi connectivity index (χ3n) is 4.92. The summed E-state index contributed by atoms with van der Waals surface area (Å²) in [4.78, 5) is 17.1. The SMILES string of the molecule is Cc1ccc(C(=O)NC(c2nc(C3(N)CCCC3)no2)C(C)C)cc1.Cl. The molecule has 0 saturated heterocycles. The van der Waals surface area contributed by atoms with Gasteiger partial charge in [-0.3, -0.25) is 4.79 Å². The minimum atomic E-state index is -0.496. The summed E-state index contributed by atoms with van der Waals surface area (Å²) in [5.74, 6) is 0.930. The Balaban J connectivity index is 0.00000243. The van der Waals surface area contributed by atoms with Crippen molar-refractivity contribution < 1.29 is 9.32 Å². The number of carbonyl (C=O) groups excluding carboxylic acids is 1. The zero-order valence-corrected chi connectivity index (χ0v) is 16.3. The predicted molar refractivity (Wildman–Crippen MR) is 102 cm³/mol. The van der Waals surface area contributed by atoms with Gasteiger partial charge in [-0.05, 0) is 37.8 Å². The number of amides is 1. The van der Waals surface area contributed by atoms with Crippen LogP contribution in [0, 0.1) is 12.8 Å². The van der Waals surface area contributed by atoms with E-state index in [2.05, 4.69) is 15.5 Å². The molecule has 3 rings (SSSR count). The molecule has 1 fully saturated rings. The molecule has 0 spiro atoms. The highest BCUT2D eigenvalue weighted by atomic mass is 35.5. The van der Waals surface area contributed by atoms with E-state index in [9.17, 15) is 4.79 Å². The Morgan fingerprint density at radius 1 is 1.23 bits per heavy atom. The number of hydrogen-bond donors (Lipinski definition) is 2. The molecule has 1 aliphatic carbocycles. The van der Waals surface area contributed by atoms with E-state index in [0.717, 1.165) is 31.2 Å². The molecule has 1 aromatic carbocycles. The van der Waals surface area contributed by atoms with Crippen molar-refractivity contribution >= 4 is 18.3 Å². The van der Waals surface area contributed by atoms with Crippen molar-refractivity contribution in [3.8, 4) is 0 Å². The van der Waals surface area contributed by atoms with Crippen LogP contribution in [0.2, 0.25) is 0 Å². The topological polar surface area (TPSA) is 94.0 Å². The summed E-state index contributed by atoms with van der Waals surface area (Å²) in [7, 11) is 0. The van der Waals surface area contributed by atoms with E-state index in [1.807, 2.05) is 45.0 Å². The second-order valence-electron chi connectivity index (χ2n) is 7.38. The summed E-state index contributed by atoms with van der Waals surface area (Å²) in [6.07, 6.45) is 3.90. The maximum atomic E-state index is 12.5. The maximum Gasteiger partial charge on any atom is 0.251 e. The van der Waals surface area contributed by atoms with Gasteiger partial charge in [-0.15, -0.1) is 12.4 Å². The third-order valence-corrected chi connectivity index (χ3v) is 4.92. The second-order valence-corrected chi connectivity index (χ2v) is 7.38. The van der Waals surface area contributed by atoms with Crippen molar-refractivity contribution in [2.75, 3.05) is 0 Å². The lowest BCUT2D eigenvalue weighted by Gasteiger charge is -2.20. The molecule has 0 radical (unpaired) electrons. The van der Waals surface area contributed by atoms with Crippen LogP contribution < -0.4 is 11.1 Å². The summed E-state index contributed by atoms with van der Waals surface area (Å²) < 4.78 is 5.47. The number of hydrogen-bond acceptors (Lipinski definition) is 5. The van der Waals surface area contributed by atoms with Crippen LogP contribution in [0.15, 0.2) is 28.8 Å². The van der Waals surface area contributed by atoms with Crippen molar-refractivity contribution in [1.29, 1.82) is 0 Å². The van der Waals surface area contributed by atoms with Gasteiger partial charge in [0.25, 0.3) is 5.91 Å². The fourth-order valence-electron chi connectivity index (χ4n) is 3.24. The standard InChI is InChI=1S/C19H26N4O2.ClH/c1-12(2)15(21-16(24)14-8-6-13(3)7-9-14)17-22-18(23-25-17)19(20)10-4-5-11-19;/h6-9,12,15H,4-5,10-11,20H2,1-3H3,(H,21,24);1H. The quantitative estimate of drug-likeness (QED) is 0.828. The van der Waals surface area contributed by atoms with Crippen LogP contribution in [-0.4, -0.2) is 16.0 Å². The zero-order valence-electron chi connectivity index (χ0n) is 15.5. The smallest absolute Gasteiger partial charge is 0.251 e. The van der Waals surface area contributed by atoms with Gasteiger partial charge in [-0.25, -0.2) is 0 Å². The summed E-state index contributed by atoms with van der Waals surface area (Å²) in [5.41, 5.74) is 7.64. The van der Waals surface area contributed by atoms with Gasteiger partial charge in [-0.1, -0.05) is 49.5 Å². The highest BCUT2D eigenvalue weighted by molar-refractivity contribution is 5.94. The van der Waals surface area contributed by atoms with E-state index in [1.54, 1.807) is 0 Å². The second kappa shape index (κ2) is 8.18. The maximum absolute atomic E-state index is 12.5. The highest BCUT2D eigenvalue weighted by Gasteiger charge is 2.37. The molecule has 1 amide bonds. The summed E-state index contributed by atoms with van der Waals surface area (Å²) in [5, 5.41) is 7.11. The molecule has 142 valence electrons. The molecule has 3 N–H and O–H groups in total. The van der Waals surface area contributed by atoms with Crippen LogP contribution in [0.25, 0.3) is 0 Å². The molecule has 1 atom stereocenters. The Morgan fingerprint density at radius 2 is 1.85 bits per heavy atom. The van der Waals surface area contributed by atoms with E-state index in [4.69, 9.17) is 10.3 Å². The van der Waals surface area contributed by atoms with E-state index < -0.39 is 5.54 Å². The van der Waals surface area contributed by atoms with Crippen molar-refractivity contribution in [3.05, 3.63) is 47.1 Å². The number of benzene rings is 1. The number of aryl methyl sites for hydroxylation is 1. The first-order valence-corrected chi connectivity index (χ1v) is 8.89. The highest BCUT2D eigenvalue weighted by Crippen LogP contribution is 2.35. The Hall–Kier alpha value is -1.92. The predicted octanol–water partition coefficient (Wildman–Crippen LogP) is 3.65. The first-order valence-electron chi connectivity index (χ1n) is 8.89. The fourth-order valence-corrected chi connectivity index (χ4v) is 3.24. The van der Waals surface area contributed by atoms with Crippen LogP contribution in [-0.2, 0) is 5.54 Å². The Kier molecular flexibility index (Phi) is 6.42. The molecule has 1 saturated carbocycles. The Morgan fingerprint density at radius 3 is 2.42 bits per heavy atom. The number of nitrogens with one attached hydrogen (secondary N) is 1. The summed E-state index contributed by atoms with van der Waals surface area (Å²) in [6.45, 7) is 6.01. The number of nitrogens with zero attached hydrogens (tertiary/aromatic N) is 2. The summed E-state index contributed by atoms with van der Waals surface area (Å²) >= 11 is 0. The van der Waals surface area contributed by atoms with Gasteiger partial charge in [-0.2, -0.15) is 4.98 Å². The van der Waals surface area contributed by atoms with Crippen LogP contribution >= 0.6 is 12.4 Å². The van der Waals surface area contributed by atoms with Gasteiger partial charge in [0.05, 0.1) is 5.54 Å². The number of rotatable bonds is 5. The van der Waals surface area contributed by atoms with Crippen molar-refractivity contribution in [1.82, 2.24) is 15.5 Å². The monoisotopic (exact) mass is 378 g/mol. The lowest BCUT2D eigenvalue weighted by Crippen LogP contribution is -2.35. The van der Waals surface area contributed by atoms with Gasteiger partial charge in [0.15, 0.2) is 5.82 Å². The third kappa shape index (κ3) is 4.24. The Bertz CT molecular complexity index is 736. The van der Waals surface area contributed by atoms with Crippen LogP contribution in [0.1, 0.15) is 73.2 Å². The molecule has 6 nitrogen and oxygen atoms in total. The molecular formula is C19H27ClN4O2. The van der Waals surface area contributed by atoms with Gasteiger partial charge in [0, 0.05) is 5.56 Å². The average Bonchev–Trinajstić information content (AvgIpc) is 3.23. The van der Waals surface area contributed by atoms with E-state index in [1.165, 1.54) is 0 Å². The minimum Gasteiger partial charge on any atom is -0.340 e. The van der Waals surface area contributed by atoms with E-state index >= 15 is 0 Å². The number of nitrogens with two attached hydrogens (primary N) is 1. The minimum absolute atomic E-state index is 0. The zero-order chi connectivity index (χ0) is 18.0. The largest absolute Gasteiger partial charge is 0.340 e. The normalized spacial score (nSPS) is 17.0. The first kappa shape index (κ1) is 20.4. The molecule has 1 aromatic heterocycles. The van der Waals surface area contributed by atoms with Crippen molar-refractivity contribution in [3.63, 3.8) is 0 Å². The van der Waals surface area contributed by atoms with E-state index in [0.29, 0.717) is 17.3 Å². The lowest BCUT2D eigenvalue weighted by molar-refractivity contribution is 0.0914. The molecule has 0 aliphatic heterocycles. The van der Waals surface area contributed by atoms with Gasteiger partial charge in [0.1, 0.15) is 6.04 Å². The molecule has 0 bridgehead atoms. The fraction of sp³-hybridized carbons (Fsp3) is 0.526. The summed E-state index contributed by atoms with van der Waals surface area (Å²) in [6, 6.07) is 7.12. The van der Waals surface area contributed by atoms with Crippen molar-refractivity contribution in [2.45, 2.75) is 58.0 Å².